The third-order valence-corrected chi connectivity index (χ3v) is 5.84. The van der Waals surface area contributed by atoms with Crippen LogP contribution in [-0.4, -0.2) is 28.0 Å². The molecule has 0 radical (unpaired) electrons. The predicted molar refractivity (Wildman–Crippen MR) is 133 cm³/mol. The molecule has 1 amide bonds. The van der Waals surface area contributed by atoms with Crippen LogP contribution in [0.4, 0.5) is 0 Å². The molecule has 1 saturated heterocycles. The molecule has 1 fully saturated rings. The summed E-state index contributed by atoms with van der Waals surface area (Å²) in [4.78, 5) is 17.0. The monoisotopic (exact) mass is 459 g/mol. The molecule has 1 aliphatic rings. The number of piperidine rings is 1. The number of benzene rings is 2. The van der Waals surface area contributed by atoms with Gasteiger partial charge in [-0.15, -0.1) is 0 Å². The van der Waals surface area contributed by atoms with Gasteiger partial charge in [-0.1, -0.05) is 18.2 Å². The van der Waals surface area contributed by atoms with Crippen molar-refractivity contribution < 1.29 is 14.3 Å². The molecule has 6 heteroatoms. The van der Waals surface area contributed by atoms with Gasteiger partial charge in [-0.05, 0) is 83.0 Å². The summed E-state index contributed by atoms with van der Waals surface area (Å²) in [5.74, 6) is 1.83. The van der Waals surface area contributed by atoms with E-state index < -0.39 is 0 Å². The first-order valence-corrected chi connectivity index (χ1v) is 11.7. The zero-order chi connectivity index (χ0) is 24.2. The first-order chi connectivity index (χ1) is 16.2. The lowest BCUT2D eigenvalue weighted by molar-refractivity contribution is 0.0873. The molecule has 3 aromatic rings. The van der Waals surface area contributed by atoms with Gasteiger partial charge in [-0.2, -0.15) is 0 Å². The predicted octanol–water partition coefficient (Wildman–Crippen LogP) is 5.49. The van der Waals surface area contributed by atoms with Crippen molar-refractivity contribution in [1.29, 1.82) is 0 Å². The number of nitrogens with one attached hydrogen (secondary N) is 2. The molecule has 0 saturated carbocycles. The third kappa shape index (κ3) is 6.35. The highest BCUT2D eigenvalue weighted by atomic mass is 16.5. The number of nitrogens with zero attached hydrogens (tertiary/aromatic N) is 1. The summed E-state index contributed by atoms with van der Waals surface area (Å²) >= 11 is 0. The minimum absolute atomic E-state index is 0.0239. The quantitative estimate of drug-likeness (QED) is 0.489. The summed E-state index contributed by atoms with van der Waals surface area (Å²) in [6.45, 7) is 9.11. The number of hydrogen-bond acceptors (Lipinski definition) is 5. The first kappa shape index (κ1) is 23.8. The summed E-state index contributed by atoms with van der Waals surface area (Å²) in [5.41, 5.74) is 1.55. The molecule has 6 nitrogen and oxygen atoms in total. The smallest absolute Gasteiger partial charge is 0.251 e. The molecule has 2 aromatic carbocycles. The van der Waals surface area contributed by atoms with E-state index in [9.17, 15) is 4.79 Å². The number of rotatable bonds is 7. The number of carbonyl (C=O) groups is 1. The van der Waals surface area contributed by atoms with Crippen molar-refractivity contribution in [2.75, 3.05) is 0 Å². The molecule has 2 N–H and O–H groups in total. The van der Waals surface area contributed by atoms with Gasteiger partial charge in [-0.3, -0.25) is 9.78 Å². The second kappa shape index (κ2) is 9.85. The van der Waals surface area contributed by atoms with Crippen molar-refractivity contribution in [1.82, 2.24) is 15.6 Å². The molecule has 0 atom stereocenters. The van der Waals surface area contributed by atoms with Crippen LogP contribution in [-0.2, 0) is 6.61 Å². The van der Waals surface area contributed by atoms with Crippen molar-refractivity contribution in [2.45, 2.75) is 64.3 Å². The van der Waals surface area contributed by atoms with Gasteiger partial charge in [0.15, 0.2) is 11.5 Å². The number of carbonyl (C=O) groups excluding carboxylic acids is 1. The molecule has 0 unspecified atom stereocenters. The molecule has 178 valence electrons. The summed E-state index contributed by atoms with van der Waals surface area (Å²) < 4.78 is 12.0. The van der Waals surface area contributed by atoms with Crippen LogP contribution in [0.3, 0.4) is 0 Å². The van der Waals surface area contributed by atoms with Crippen LogP contribution in [0.2, 0.25) is 0 Å². The van der Waals surface area contributed by atoms with Gasteiger partial charge < -0.3 is 20.1 Å². The fourth-order valence-electron chi connectivity index (χ4n) is 4.79. The van der Waals surface area contributed by atoms with Crippen LogP contribution in [0.1, 0.15) is 56.5 Å². The van der Waals surface area contributed by atoms with Crippen molar-refractivity contribution in [2.24, 2.45) is 0 Å². The zero-order valence-corrected chi connectivity index (χ0v) is 20.3. The van der Waals surface area contributed by atoms with E-state index in [2.05, 4.69) is 43.3 Å². The molecular weight excluding hydrogens is 426 g/mol. The summed E-state index contributed by atoms with van der Waals surface area (Å²) in [6, 6.07) is 18.7. The summed E-state index contributed by atoms with van der Waals surface area (Å²) in [6.07, 6.45) is 5.29. The molecule has 34 heavy (non-hydrogen) atoms. The highest BCUT2D eigenvalue weighted by Gasteiger charge is 2.38. The average molecular weight is 460 g/mol. The SMILES string of the molecule is CC1(C)CC(NC(=O)c2ccc(Oc3ccccc3OCc3cccnc3)cc2)CC(C)(C)N1. The van der Waals surface area contributed by atoms with Crippen LogP contribution >= 0.6 is 0 Å². The minimum atomic E-state index is -0.0646. The van der Waals surface area contributed by atoms with Gasteiger partial charge in [0.25, 0.3) is 5.91 Å². The topological polar surface area (TPSA) is 72.5 Å². The van der Waals surface area contributed by atoms with E-state index in [4.69, 9.17) is 9.47 Å². The van der Waals surface area contributed by atoms with Gasteiger partial charge in [0.2, 0.25) is 0 Å². The van der Waals surface area contributed by atoms with Crippen LogP contribution in [0.25, 0.3) is 0 Å². The number of hydrogen-bond donors (Lipinski definition) is 2. The Hall–Kier alpha value is -3.38. The number of ether oxygens (including phenoxy) is 2. The Bertz CT molecular complexity index is 1100. The fraction of sp³-hybridized carbons (Fsp3) is 0.357. The molecule has 1 aromatic heterocycles. The Kier molecular flexibility index (Phi) is 6.89. The molecular formula is C28H33N3O3. The Morgan fingerprint density at radius 1 is 0.971 bits per heavy atom. The highest BCUT2D eigenvalue weighted by molar-refractivity contribution is 5.94. The van der Waals surface area contributed by atoms with Crippen molar-refractivity contribution in [3.05, 3.63) is 84.2 Å². The Morgan fingerprint density at radius 3 is 2.29 bits per heavy atom. The highest BCUT2D eigenvalue weighted by Crippen LogP contribution is 2.32. The van der Waals surface area contributed by atoms with Gasteiger partial charge in [0.1, 0.15) is 12.4 Å². The van der Waals surface area contributed by atoms with Crippen LogP contribution in [0.5, 0.6) is 17.2 Å². The van der Waals surface area contributed by atoms with E-state index >= 15 is 0 Å². The van der Waals surface area contributed by atoms with E-state index in [1.165, 1.54) is 0 Å². The van der Waals surface area contributed by atoms with Gasteiger partial charge in [-0.25, -0.2) is 0 Å². The van der Waals surface area contributed by atoms with Gasteiger partial charge in [0, 0.05) is 40.6 Å². The maximum Gasteiger partial charge on any atom is 0.251 e. The number of para-hydroxylation sites is 2. The van der Waals surface area contributed by atoms with Gasteiger partial charge in [0.05, 0.1) is 0 Å². The van der Waals surface area contributed by atoms with Crippen molar-refractivity contribution in [3.63, 3.8) is 0 Å². The van der Waals surface area contributed by atoms with Crippen LogP contribution in [0, 0.1) is 0 Å². The van der Waals surface area contributed by atoms with E-state index in [1.54, 1.807) is 24.5 Å². The van der Waals surface area contributed by atoms with E-state index in [0.29, 0.717) is 29.4 Å². The third-order valence-electron chi connectivity index (χ3n) is 5.84. The largest absolute Gasteiger partial charge is 0.485 e. The Labute approximate surface area is 201 Å². The second-order valence-electron chi connectivity index (χ2n) is 10.2. The molecule has 1 aliphatic heterocycles. The second-order valence-corrected chi connectivity index (χ2v) is 10.2. The van der Waals surface area contributed by atoms with Crippen LogP contribution < -0.4 is 20.1 Å². The first-order valence-electron chi connectivity index (χ1n) is 11.7. The van der Waals surface area contributed by atoms with E-state index in [0.717, 1.165) is 18.4 Å². The maximum absolute atomic E-state index is 12.9. The molecule has 2 heterocycles. The summed E-state index contributed by atoms with van der Waals surface area (Å²) in [5, 5.41) is 6.86. The lowest BCUT2D eigenvalue weighted by Gasteiger charge is -2.46. The summed E-state index contributed by atoms with van der Waals surface area (Å²) in [7, 11) is 0. The van der Waals surface area contributed by atoms with Gasteiger partial charge >= 0.3 is 0 Å². The van der Waals surface area contributed by atoms with E-state index in [1.807, 2.05) is 48.5 Å². The number of amides is 1. The normalized spacial score (nSPS) is 17.1. The molecule has 0 bridgehead atoms. The Balaban J connectivity index is 1.38. The number of aromatic nitrogens is 1. The van der Waals surface area contributed by atoms with Crippen molar-refractivity contribution in [3.8, 4) is 17.2 Å². The Morgan fingerprint density at radius 2 is 1.65 bits per heavy atom. The molecule has 0 spiro atoms. The minimum Gasteiger partial charge on any atom is -0.485 e. The lowest BCUT2D eigenvalue weighted by atomic mass is 9.79. The molecule has 0 aliphatic carbocycles. The van der Waals surface area contributed by atoms with Crippen molar-refractivity contribution >= 4 is 5.91 Å². The fourth-order valence-corrected chi connectivity index (χ4v) is 4.79. The molecule has 4 rings (SSSR count). The standard InChI is InChI=1S/C28H33N3O3/c1-27(2)16-22(17-28(3,4)31-27)30-26(32)21-11-13-23(14-12-21)34-25-10-6-5-9-24(25)33-19-20-8-7-15-29-18-20/h5-15,18,22,31H,16-17,19H2,1-4H3,(H,30,32). The lowest BCUT2D eigenvalue weighted by Crippen LogP contribution is -2.62. The number of pyridine rings is 1. The average Bonchev–Trinajstić information content (AvgIpc) is 2.77. The van der Waals surface area contributed by atoms with Crippen LogP contribution in [0.15, 0.2) is 73.1 Å². The van der Waals surface area contributed by atoms with E-state index in [-0.39, 0.29) is 23.0 Å². The zero-order valence-electron chi connectivity index (χ0n) is 20.3. The maximum atomic E-state index is 12.9.